The van der Waals surface area contributed by atoms with Crippen molar-refractivity contribution in [3.05, 3.63) is 11.7 Å². The van der Waals surface area contributed by atoms with Crippen LogP contribution in [0.3, 0.4) is 0 Å². The maximum Gasteiger partial charge on any atom is 0.243 e. The molecule has 0 amide bonds. The van der Waals surface area contributed by atoms with Gasteiger partial charge in [-0.05, 0) is 20.5 Å². The Kier molecular flexibility index (Phi) is 4.90. The monoisotopic (exact) mass is 267 g/mol. The second kappa shape index (κ2) is 6.45. The predicted octanol–water partition coefficient (Wildman–Crippen LogP) is 0.658. The van der Waals surface area contributed by atoms with Crippen molar-refractivity contribution >= 4 is 0 Å². The number of likely N-dealkylation sites (N-methyl/N-ethyl adjacent to an activating group) is 2. The SMILES string of the molecule is CCC[C@@H](N)c1nc(CC2CN(C)CCN2C)no1. The summed E-state index contributed by atoms with van der Waals surface area (Å²) >= 11 is 0. The number of nitrogens with zero attached hydrogens (tertiary/aromatic N) is 4. The Hall–Kier alpha value is -0.980. The third-order valence-corrected chi connectivity index (χ3v) is 3.80. The summed E-state index contributed by atoms with van der Waals surface area (Å²) in [6.07, 6.45) is 2.73. The fourth-order valence-electron chi connectivity index (χ4n) is 2.47. The molecule has 0 aromatic carbocycles. The highest BCUT2D eigenvalue weighted by Gasteiger charge is 2.24. The molecule has 1 saturated heterocycles. The summed E-state index contributed by atoms with van der Waals surface area (Å²) in [6, 6.07) is 0.324. The summed E-state index contributed by atoms with van der Waals surface area (Å²) in [7, 11) is 4.31. The lowest BCUT2D eigenvalue weighted by Crippen LogP contribution is -2.50. The Morgan fingerprint density at radius 3 is 2.95 bits per heavy atom. The smallest absolute Gasteiger partial charge is 0.243 e. The van der Waals surface area contributed by atoms with Crippen LogP contribution in [0.1, 0.15) is 37.5 Å². The van der Waals surface area contributed by atoms with Crippen molar-refractivity contribution in [1.82, 2.24) is 19.9 Å². The maximum absolute atomic E-state index is 5.99. The van der Waals surface area contributed by atoms with Crippen molar-refractivity contribution in [3.63, 3.8) is 0 Å². The average Bonchev–Trinajstić information content (AvgIpc) is 2.83. The molecule has 2 heterocycles. The van der Waals surface area contributed by atoms with Gasteiger partial charge in [-0.1, -0.05) is 18.5 Å². The van der Waals surface area contributed by atoms with E-state index in [4.69, 9.17) is 10.3 Å². The topological polar surface area (TPSA) is 71.4 Å². The van der Waals surface area contributed by atoms with Crippen molar-refractivity contribution in [2.75, 3.05) is 33.7 Å². The number of hydrogen-bond acceptors (Lipinski definition) is 6. The first kappa shape index (κ1) is 14.4. The van der Waals surface area contributed by atoms with Gasteiger partial charge in [0.15, 0.2) is 5.82 Å². The molecule has 0 radical (unpaired) electrons. The van der Waals surface area contributed by atoms with Gasteiger partial charge < -0.3 is 20.1 Å². The highest BCUT2D eigenvalue weighted by molar-refractivity contribution is 4.95. The van der Waals surface area contributed by atoms with Gasteiger partial charge in [0, 0.05) is 32.1 Å². The van der Waals surface area contributed by atoms with E-state index >= 15 is 0 Å². The van der Waals surface area contributed by atoms with Gasteiger partial charge in [0.05, 0.1) is 6.04 Å². The van der Waals surface area contributed by atoms with E-state index in [-0.39, 0.29) is 6.04 Å². The zero-order valence-electron chi connectivity index (χ0n) is 12.2. The number of nitrogens with two attached hydrogens (primary N) is 1. The second-order valence-corrected chi connectivity index (χ2v) is 5.54. The predicted molar refractivity (Wildman–Crippen MR) is 73.8 cm³/mol. The Morgan fingerprint density at radius 1 is 1.42 bits per heavy atom. The van der Waals surface area contributed by atoms with E-state index in [0.29, 0.717) is 11.9 Å². The first-order valence-corrected chi connectivity index (χ1v) is 7.07. The van der Waals surface area contributed by atoms with E-state index in [1.807, 2.05) is 0 Å². The van der Waals surface area contributed by atoms with Crippen molar-refractivity contribution in [3.8, 4) is 0 Å². The van der Waals surface area contributed by atoms with Crippen LogP contribution in [0.25, 0.3) is 0 Å². The molecule has 0 aliphatic carbocycles. The molecule has 2 N–H and O–H groups in total. The molecule has 1 aliphatic heterocycles. The summed E-state index contributed by atoms with van der Waals surface area (Å²) in [5, 5.41) is 4.06. The van der Waals surface area contributed by atoms with Crippen LogP contribution in [-0.2, 0) is 6.42 Å². The summed E-state index contributed by atoms with van der Waals surface area (Å²) in [6.45, 7) is 5.35. The van der Waals surface area contributed by atoms with Crippen molar-refractivity contribution in [2.45, 2.75) is 38.3 Å². The molecular formula is C13H25N5O. The molecule has 1 unspecified atom stereocenters. The third-order valence-electron chi connectivity index (χ3n) is 3.80. The Balaban J connectivity index is 1.95. The molecule has 0 saturated carbocycles. The Morgan fingerprint density at radius 2 is 2.21 bits per heavy atom. The fourth-order valence-corrected chi connectivity index (χ4v) is 2.47. The van der Waals surface area contributed by atoms with Crippen molar-refractivity contribution in [2.24, 2.45) is 5.73 Å². The minimum Gasteiger partial charge on any atom is -0.338 e. The van der Waals surface area contributed by atoms with Gasteiger partial charge in [0.25, 0.3) is 0 Å². The molecule has 2 rings (SSSR count). The highest BCUT2D eigenvalue weighted by atomic mass is 16.5. The molecule has 0 spiro atoms. The summed E-state index contributed by atoms with van der Waals surface area (Å²) in [5.41, 5.74) is 5.99. The first-order valence-electron chi connectivity index (χ1n) is 7.07. The van der Waals surface area contributed by atoms with E-state index in [1.54, 1.807) is 0 Å². The highest BCUT2D eigenvalue weighted by Crippen LogP contribution is 2.15. The van der Waals surface area contributed by atoms with Gasteiger partial charge in [-0.25, -0.2) is 0 Å². The molecule has 6 nitrogen and oxygen atoms in total. The van der Waals surface area contributed by atoms with Crippen LogP contribution < -0.4 is 5.73 Å². The van der Waals surface area contributed by atoms with Crippen LogP contribution in [0.5, 0.6) is 0 Å². The van der Waals surface area contributed by atoms with Crippen molar-refractivity contribution in [1.29, 1.82) is 0 Å². The second-order valence-electron chi connectivity index (χ2n) is 5.54. The molecule has 1 fully saturated rings. The molecule has 6 heteroatoms. The number of aromatic nitrogens is 2. The van der Waals surface area contributed by atoms with E-state index in [0.717, 1.165) is 44.7 Å². The summed E-state index contributed by atoms with van der Waals surface area (Å²) in [4.78, 5) is 9.14. The zero-order valence-corrected chi connectivity index (χ0v) is 12.2. The zero-order chi connectivity index (χ0) is 13.8. The first-order chi connectivity index (χ1) is 9.10. The minimum absolute atomic E-state index is 0.127. The minimum atomic E-state index is -0.127. The maximum atomic E-state index is 5.99. The molecule has 108 valence electrons. The van der Waals surface area contributed by atoms with Gasteiger partial charge in [-0.2, -0.15) is 4.98 Å². The number of hydrogen-bond donors (Lipinski definition) is 1. The lowest BCUT2D eigenvalue weighted by molar-refractivity contribution is 0.113. The van der Waals surface area contributed by atoms with Gasteiger partial charge >= 0.3 is 0 Å². The third kappa shape index (κ3) is 3.75. The Labute approximate surface area is 114 Å². The van der Waals surface area contributed by atoms with Gasteiger partial charge in [-0.15, -0.1) is 0 Å². The van der Waals surface area contributed by atoms with Crippen LogP contribution in [0.2, 0.25) is 0 Å². The molecule has 1 aromatic heterocycles. The summed E-state index contributed by atoms with van der Waals surface area (Å²) in [5.74, 6) is 1.34. The van der Waals surface area contributed by atoms with Gasteiger partial charge in [0.1, 0.15) is 0 Å². The summed E-state index contributed by atoms with van der Waals surface area (Å²) < 4.78 is 5.26. The molecule has 1 aromatic rings. The van der Waals surface area contributed by atoms with Crippen LogP contribution in [0, 0.1) is 0 Å². The van der Waals surface area contributed by atoms with E-state index in [9.17, 15) is 0 Å². The molecule has 1 aliphatic rings. The molecular weight excluding hydrogens is 242 g/mol. The van der Waals surface area contributed by atoms with Crippen LogP contribution in [0.4, 0.5) is 0 Å². The van der Waals surface area contributed by atoms with E-state index in [2.05, 4.69) is 41.0 Å². The number of piperazine rings is 1. The Bertz CT molecular complexity index is 394. The number of rotatable bonds is 5. The standard InChI is InChI=1S/C13H25N5O/c1-4-5-11(14)13-15-12(16-19-13)8-10-9-17(2)6-7-18(10)3/h10-11H,4-9,14H2,1-3H3/t10?,11-/m1/s1. The van der Waals surface area contributed by atoms with Gasteiger partial charge in [-0.3, -0.25) is 0 Å². The average molecular weight is 267 g/mol. The van der Waals surface area contributed by atoms with Crippen LogP contribution >= 0.6 is 0 Å². The van der Waals surface area contributed by atoms with Gasteiger partial charge in [0.2, 0.25) is 5.89 Å². The molecule has 19 heavy (non-hydrogen) atoms. The molecule has 0 bridgehead atoms. The fraction of sp³-hybridized carbons (Fsp3) is 0.846. The normalized spacial score (nSPS) is 23.7. The van der Waals surface area contributed by atoms with Crippen molar-refractivity contribution < 1.29 is 4.52 Å². The quantitative estimate of drug-likeness (QED) is 0.845. The van der Waals surface area contributed by atoms with E-state index < -0.39 is 0 Å². The van der Waals surface area contributed by atoms with Crippen LogP contribution in [0.15, 0.2) is 4.52 Å². The van der Waals surface area contributed by atoms with Crippen LogP contribution in [-0.4, -0.2) is 59.7 Å². The van der Waals surface area contributed by atoms with E-state index in [1.165, 1.54) is 0 Å². The lowest BCUT2D eigenvalue weighted by atomic mass is 10.1. The molecule has 2 atom stereocenters. The lowest BCUT2D eigenvalue weighted by Gasteiger charge is -2.37. The largest absolute Gasteiger partial charge is 0.338 e.